The van der Waals surface area contributed by atoms with Crippen LogP contribution in [0.15, 0.2) is 108 Å². The highest BCUT2D eigenvalue weighted by atomic mass is 32.2. The van der Waals surface area contributed by atoms with Crippen molar-refractivity contribution in [3.8, 4) is 11.1 Å². The highest BCUT2D eigenvalue weighted by Gasteiger charge is 2.18. The van der Waals surface area contributed by atoms with Crippen LogP contribution in [0.2, 0.25) is 0 Å². The Morgan fingerprint density at radius 3 is 2.20 bits per heavy atom. The van der Waals surface area contributed by atoms with Crippen molar-refractivity contribution in [1.29, 1.82) is 0 Å². The fraction of sp³-hybridized carbons (Fsp3) is 0.235. The first-order chi connectivity index (χ1) is 20.9. The fourth-order valence-corrected chi connectivity index (χ4v) is 5.57. The lowest BCUT2D eigenvalue weighted by Crippen LogP contribution is -2.38. The van der Waals surface area contributed by atoms with E-state index in [0.29, 0.717) is 42.0 Å². The Hall–Kier alpha value is -4.83. The molecule has 2 N–H and O–H groups in total. The van der Waals surface area contributed by atoms with Crippen molar-refractivity contribution in [2.45, 2.75) is 37.8 Å². The van der Waals surface area contributed by atoms with Crippen LogP contribution in [-0.4, -0.2) is 46.3 Å². The summed E-state index contributed by atoms with van der Waals surface area (Å²) in [6, 6.07) is 30.3. The van der Waals surface area contributed by atoms with E-state index >= 15 is 0 Å². The van der Waals surface area contributed by atoms with Crippen LogP contribution in [-0.2, 0) is 26.0 Å². The zero-order valence-corrected chi connectivity index (χ0v) is 26.1. The van der Waals surface area contributed by atoms with Crippen molar-refractivity contribution in [3.05, 3.63) is 114 Å². The number of alkyl carbamates (subject to hydrolysis) is 1. The minimum absolute atomic E-state index is 0.0755. The van der Waals surface area contributed by atoms with Crippen LogP contribution in [0.1, 0.15) is 36.7 Å². The van der Waals surface area contributed by atoms with Crippen LogP contribution in [0.4, 0.5) is 16.2 Å². The van der Waals surface area contributed by atoms with Gasteiger partial charge in [0.2, 0.25) is 0 Å². The first-order valence-corrected chi connectivity index (χ1v) is 15.6. The van der Waals surface area contributed by atoms with Crippen LogP contribution in [0.25, 0.3) is 11.1 Å². The number of nitrogens with zero attached hydrogens (tertiary/aromatic N) is 1. The number of hydrogen-bond donors (Lipinski definition) is 2. The van der Waals surface area contributed by atoms with Gasteiger partial charge in [0, 0.05) is 25.3 Å². The Morgan fingerprint density at radius 1 is 0.818 bits per heavy atom. The molecule has 0 saturated carbocycles. The molecule has 0 aliphatic rings. The van der Waals surface area contributed by atoms with Gasteiger partial charge in [-0.15, -0.1) is 0 Å². The van der Waals surface area contributed by atoms with E-state index in [1.807, 2.05) is 36.4 Å². The lowest BCUT2D eigenvalue weighted by atomic mass is 10.0. The van der Waals surface area contributed by atoms with Crippen LogP contribution >= 0.6 is 0 Å². The van der Waals surface area contributed by atoms with Crippen LogP contribution in [0.3, 0.4) is 0 Å². The molecule has 4 aromatic carbocycles. The molecule has 44 heavy (non-hydrogen) atoms. The average molecular weight is 616 g/mol. The Morgan fingerprint density at radius 2 is 1.50 bits per heavy atom. The van der Waals surface area contributed by atoms with E-state index in [1.54, 1.807) is 81.4 Å². The van der Waals surface area contributed by atoms with E-state index in [0.717, 1.165) is 11.3 Å². The standard InChI is InChI=1S/C34H37N3O6S/c1-34(2,3)43-33(39)35-19-20-37(24-25-11-6-5-7-12-25)30-17-10-16-29(23-30)36-44(40,41)31-18-9-14-27(22-31)26-13-8-15-28(21-26)32(38)42-4/h5-18,21-23,36H,19-20,24H2,1-4H3,(H,35,39). The number of anilines is 2. The molecule has 10 heteroatoms. The highest BCUT2D eigenvalue weighted by Crippen LogP contribution is 2.27. The number of carbonyl (C=O) groups excluding carboxylic acids is 2. The SMILES string of the molecule is COC(=O)c1cccc(-c2cccc(S(=O)(=O)Nc3cccc(N(CCNC(=O)OC(C)(C)C)Cc4ccccc4)c3)c2)c1. The maximum atomic E-state index is 13.5. The van der Waals surface area contributed by atoms with Gasteiger partial charge >= 0.3 is 12.1 Å². The number of rotatable bonds is 11. The molecule has 0 saturated heterocycles. The van der Waals surface area contributed by atoms with Crippen molar-refractivity contribution in [2.24, 2.45) is 0 Å². The summed E-state index contributed by atoms with van der Waals surface area (Å²) in [6.07, 6.45) is -0.502. The number of carbonyl (C=O) groups is 2. The minimum Gasteiger partial charge on any atom is -0.465 e. The van der Waals surface area contributed by atoms with Gasteiger partial charge in [-0.2, -0.15) is 0 Å². The normalized spacial score (nSPS) is 11.4. The summed E-state index contributed by atoms with van der Waals surface area (Å²) in [5, 5.41) is 2.79. The predicted molar refractivity (Wildman–Crippen MR) is 172 cm³/mol. The molecular formula is C34H37N3O6S. The number of benzene rings is 4. The van der Waals surface area contributed by atoms with Gasteiger partial charge in [-0.25, -0.2) is 18.0 Å². The monoisotopic (exact) mass is 615 g/mol. The maximum absolute atomic E-state index is 13.5. The van der Waals surface area contributed by atoms with Gasteiger partial charge in [-0.1, -0.05) is 60.7 Å². The van der Waals surface area contributed by atoms with Crippen molar-refractivity contribution >= 4 is 33.5 Å². The van der Waals surface area contributed by atoms with E-state index in [2.05, 4.69) is 14.9 Å². The zero-order chi connectivity index (χ0) is 31.7. The molecule has 0 unspecified atom stereocenters. The van der Waals surface area contributed by atoms with E-state index in [4.69, 9.17) is 9.47 Å². The Bertz CT molecular complexity index is 1700. The van der Waals surface area contributed by atoms with Gasteiger partial charge in [-0.3, -0.25) is 4.72 Å². The first-order valence-electron chi connectivity index (χ1n) is 14.1. The molecule has 0 heterocycles. The number of esters is 1. The zero-order valence-electron chi connectivity index (χ0n) is 25.2. The number of ether oxygens (including phenoxy) is 2. The van der Waals surface area contributed by atoms with Gasteiger partial charge in [0.05, 0.1) is 23.3 Å². The summed E-state index contributed by atoms with van der Waals surface area (Å²) in [6.45, 7) is 6.73. The van der Waals surface area contributed by atoms with Gasteiger partial charge < -0.3 is 19.7 Å². The summed E-state index contributed by atoms with van der Waals surface area (Å²) in [7, 11) is -2.65. The quantitative estimate of drug-likeness (QED) is 0.186. The van der Waals surface area contributed by atoms with E-state index in [9.17, 15) is 18.0 Å². The molecule has 0 fully saturated rings. The number of nitrogens with one attached hydrogen (secondary N) is 2. The molecule has 0 bridgehead atoms. The third-order valence-electron chi connectivity index (χ3n) is 6.49. The summed E-state index contributed by atoms with van der Waals surface area (Å²) < 4.78 is 39.8. The van der Waals surface area contributed by atoms with Crippen LogP contribution in [0.5, 0.6) is 0 Å². The predicted octanol–water partition coefficient (Wildman–Crippen LogP) is 6.47. The molecule has 0 radical (unpaired) electrons. The molecular weight excluding hydrogens is 578 g/mol. The molecule has 4 aromatic rings. The Kier molecular flexibility index (Phi) is 10.3. The Labute approximate surface area is 258 Å². The summed E-state index contributed by atoms with van der Waals surface area (Å²) in [4.78, 5) is 26.3. The van der Waals surface area contributed by atoms with E-state index < -0.39 is 27.7 Å². The average Bonchev–Trinajstić information content (AvgIpc) is 3.00. The second-order valence-electron chi connectivity index (χ2n) is 11.1. The van der Waals surface area contributed by atoms with Crippen molar-refractivity contribution in [3.63, 3.8) is 0 Å². The molecule has 9 nitrogen and oxygen atoms in total. The maximum Gasteiger partial charge on any atom is 0.407 e. The summed E-state index contributed by atoms with van der Waals surface area (Å²) >= 11 is 0. The number of amides is 1. The third kappa shape index (κ3) is 9.08. The number of sulfonamides is 1. The van der Waals surface area contributed by atoms with Crippen molar-refractivity contribution < 1.29 is 27.5 Å². The van der Waals surface area contributed by atoms with Crippen molar-refractivity contribution in [2.75, 3.05) is 29.8 Å². The van der Waals surface area contributed by atoms with Crippen LogP contribution < -0.4 is 14.9 Å². The summed E-state index contributed by atoms with van der Waals surface area (Å²) in [5.41, 5.74) is 3.30. The molecule has 230 valence electrons. The summed E-state index contributed by atoms with van der Waals surface area (Å²) in [5.74, 6) is -0.473. The first kappa shape index (κ1) is 32.1. The van der Waals surface area contributed by atoms with Gasteiger partial charge in [-0.05, 0) is 79.9 Å². The second-order valence-corrected chi connectivity index (χ2v) is 12.8. The molecule has 0 aliphatic carbocycles. The molecule has 0 atom stereocenters. The molecule has 0 aliphatic heterocycles. The fourth-order valence-electron chi connectivity index (χ4n) is 4.48. The molecule has 4 rings (SSSR count). The van der Waals surface area contributed by atoms with E-state index in [-0.39, 0.29) is 4.90 Å². The highest BCUT2D eigenvalue weighted by molar-refractivity contribution is 7.92. The van der Waals surface area contributed by atoms with Crippen LogP contribution in [0, 0.1) is 0 Å². The molecule has 0 spiro atoms. The largest absolute Gasteiger partial charge is 0.465 e. The third-order valence-corrected chi connectivity index (χ3v) is 7.87. The topological polar surface area (TPSA) is 114 Å². The number of methoxy groups -OCH3 is 1. The van der Waals surface area contributed by atoms with Gasteiger partial charge in [0.15, 0.2) is 0 Å². The smallest absolute Gasteiger partial charge is 0.407 e. The Balaban J connectivity index is 1.54. The minimum atomic E-state index is -3.96. The van der Waals surface area contributed by atoms with Gasteiger partial charge in [0.25, 0.3) is 10.0 Å². The molecule has 0 aromatic heterocycles. The van der Waals surface area contributed by atoms with Crippen molar-refractivity contribution in [1.82, 2.24) is 5.32 Å². The number of hydrogen-bond acceptors (Lipinski definition) is 7. The lowest BCUT2D eigenvalue weighted by Gasteiger charge is -2.26. The van der Waals surface area contributed by atoms with E-state index in [1.165, 1.54) is 13.2 Å². The van der Waals surface area contributed by atoms with Gasteiger partial charge in [0.1, 0.15) is 5.60 Å². The lowest BCUT2D eigenvalue weighted by molar-refractivity contribution is 0.0528. The molecule has 1 amide bonds. The second kappa shape index (κ2) is 14.1.